The molecule has 0 saturated heterocycles. The number of nitrogens with zero attached hydrogens (tertiary/aromatic N) is 1. The van der Waals surface area contributed by atoms with Gasteiger partial charge in [0.1, 0.15) is 0 Å². The summed E-state index contributed by atoms with van der Waals surface area (Å²) in [7, 11) is 0. The first kappa shape index (κ1) is 6.36. The highest BCUT2D eigenvalue weighted by molar-refractivity contribution is 5.13. The Morgan fingerprint density at radius 2 is 2.11 bits per heavy atom. The summed E-state index contributed by atoms with van der Waals surface area (Å²) in [5, 5.41) is 8.50. The van der Waals surface area contributed by atoms with Crippen LogP contribution in [0, 0.1) is 6.54 Å². The minimum atomic E-state index is 0.203. The van der Waals surface area contributed by atoms with Gasteiger partial charge in [0.2, 0.25) is 0 Å². The number of hydrogen-bond acceptors (Lipinski definition) is 2. The zero-order chi connectivity index (χ0) is 6.53. The summed E-state index contributed by atoms with van der Waals surface area (Å²) in [6.07, 6.45) is 7.76. The second-order valence-corrected chi connectivity index (χ2v) is 1.84. The van der Waals surface area contributed by atoms with Gasteiger partial charge in [-0.25, -0.2) is 0 Å². The molecule has 1 aliphatic rings. The predicted molar refractivity (Wildman–Crippen MR) is 36.4 cm³/mol. The van der Waals surface area contributed by atoms with Crippen LogP contribution < -0.4 is 0 Å². The Hall–Kier alpha value is -0.760. The monoisotopic (exact) mass is 124 g/mol. The second kappa shape index (κ2) is 3.30. The molecule has 1 radical (unpaired) electrons. The summed E-state index contributed by atoms with van der Waals surface area (Å²) >= 11 is 0. The van der Waals surface area contributed by atoms with E-state index in [-0.39, 0.29) is 6.61 Å². The van der Waals surface area contributed by atoms with Crippen molar-refractivity contribution < 1.29 is 5.11 Å². The van der Waals surface area contributed by atoms with E-state index in [9.17, 15) is 0 Å². The van der Waals surface area contributed by atoms with Gasteiger partial charge in [-0.3, -0.25) is 0 Å². The lowest BCUT2D eigenvalue weighted by Gasteiger charge is -2.17. The highest BCUT2D eigenvalue weighted by atomic mass is 16.3. The number of β-amino-alcohol motifs (C(OH)–C–C–N with tert-alkyl or cyclic N) is 1. The predicted octanol–water partition coefficient (Wildman–Crippen LogP) is 0.526. The molecule has 0 saturated carbocycles. The average molecular weight is 124 g/mol. The summed E-state index contributed by atoms with van der Waals surface area (Å²) in [6, 6.07) is 0. The molecule has 1 aliphatic heterocycles. The largest absolute Gasteiger partial charge is 0.395 e. The first-order valence-electron chi connectivity index (χ1n) is 2.98. The van der Waals surface area contributed by atoms with E-state index in [1.165, 1.54) is 0 Å². The Kier molecular flexibility index (Phi) is 2.33. The van der Waals surface area contributed by atoms with Gasteiger partial charge >= 0.3 is 0 Å². The SMILES string of the molecule is OCCN1[CH]C=CC=C1. The van der Waals surface area contributed by atoms with Crippen LogP contribution in [0.2, 0.25) is 0 Å². The van der Waals surface area contributed by atoms with Crippen LogP contribution in [0.3, 0.4) is 0 Å². The first-order chi connectivity index (χ1) is 4.43. The van der Waals surface area contributed by atoms with Crippen molar-refractivity contribution in [3.05, 3.63) is 31.0 Å². The van der Waals surface area contributed by atoms with Crippen molar-refractivity contribution in [2.45, 2.75) is 0 Å². The quantitative estimate of drug-likeness (QED) is 0.580. The Bertz CT molecular complexity index is 129. The van der Waals surface area contributed by atoms with Gasteiger partial charge in [-0.2, -0.15) is 0 Å². The van der Waals surface area contributed by atoms with Crippen molar-refractivity contribution in [3.8, 4) is 0 Å². The third kappa shape index (κ3) is 1.90. The normalized spacial score (nSPS) is 16.8. The molecule has 0 fully saturated rings. The molecule has 0 atom stereocenters. The number of allylic oxidation sites excluding steroid dienone is 2. The molecular weight excluding hydrogens is 114 g/mol. The van der Waals surface area contributed by atoms with Crippen molar-refractivity contribution in [2.75, 3.05) is 13.2 Å². The molecule has 0 aromatic carbocycles. The van der Waals surface area contributed by atoms with Crippen molar-refractivity contribution >= 4 is 0 Å². The molecule has 1 N–H and O–H groups in total. The van der Waals surface area contributed by atoms with E-state index in [2.05, 4.69) is 0 Å². The number of rotatable bonds is 2. The summed E-state index contributed by atoms with van der Waals surface area (Å²) in [4.78, 5) is 1.93. The fourth-order valence-corrected chi connectivity index (χ4v) is 0.699. The molecule has 49 valence electrons. The van der Waals surface area contributed by atoms with Gasteiger partial charge in [-0.15, -0.1) is 0 Å². The lowest BCUT2D eigenvalue weighted by Crippen LogP contribution is -2.18. The molecule has 0 aliphatic carbocycles. The van der Waals surface area contributed by atoms with Crippen LogP contribution in [0.15, 0.2) is 24.4 Å². The van der Waals surface area contributed by atoms with Crippen molar-refractivity contribution in [2.24, 2.45) is 0 Å². The third-order valence-corrected chi connectivity index (χ3v) is 1.14. The highest BCUT2D eigenvalue weighted by Crippen LogP contribution is 2.00. The zero-order valence-electron chi connectivity index (χ0n) is 5.20. The van der Waals surface area contributed by atoms with Crippen molar-refractivity contribution in [1.82, 2.24) is 4.90 Å². The lowest BCUT2D eigenvalue weighted by molar-refractivity contribution is 0.257. The lowest BCUT2D eigenvalue weighted by atomic mass is 10.3. The molecule has 0 amide bonds. The van der Waals surface area contributed by atoms with E-state index in [4.69, 9.17) is 5.11 Å². The first-order valence-corrected chi connectivity index (χ1v) is 2.98. The molecule has 9 heavy (non-hydrogen) atoms. The maximum absolute atomic E-state index is 8.50. The van der Waals surface area contributed by atoms with E-state index in [0.29, 0.717) is 6.54 Å². The molecule has 2 heteroatoms. The Morgan fingerprint density at radius 3 is 2.67 bits per heavy atom. The average Bonchev–Trinajstić information content (AvgIpc) is 1.91. The van der Waals surface area contributed by atoms with Gasteiger partial charge < -0.3 is 10.0 Å². The maximum Gasteiger partial charge on any atom is 0.0711 e. The van der Waals surface area contributed by atoms with Gasteiger partial charge in [0.05, 0.1) is 13.2 Å². The fourth-order valence-electron chi connectivity index (χ4n) is 0.699. The molecule has 0 spiro atoms. The molecule has 0 unspecified atom stereocenters. The van der Waals surface area contributed by atoms with Gasteiger partial charge in [0.25, 0.3) is 0 Å². The number of hydrogen-bond donors (Lipinski definition) is 1. The third-order valence-electron chi connectivity index (χ3n) is 1.14. The van der Waals surface area contributed by atoms with Crippen LogP contribution in [0.4, 0.5) is 0 Å². The van der Waals surface area contributed by atoms with E-state index in [1.54, 1.807) is 0 Å². The van der Waals surface area contributed by atoms with Crippen LogP contribution in [0.5, 0.6) is 0 Å². The van der Waals surface area contributed by atoms with E-state index in [0.717, 1.165) is 0 Å². The Labute approximate surface area is 55.1 Å². The van der Waals surface area contributed by atoms with Gasteiger partial charge in [0, 0.05) is 6.54 Å². The maximum atomic E-state index is 8.50. The van der Waals surface area contributed by atoms with Crippen LogP contribution in [0.1, 0.15) is 0 Å². The topological polar surface area (TPSA) is 23.5 Å². The van der Waals surface area contributed by atoms with Crippen molar-refractivity contribution in [1.29, 1.82) is 0 Å². The standard InChI is InChI=1S/C7H10NO/c9-7-6-8-4-2-1-3-5-8/h1-5,9H,6-7H2. The Morgan fingerprint density at radius 1 is 1.22 bits per heavy atom. The number of aliphatic hydroxyl groups excluding tert-OH is 1. The summed E-state index contributed by atoms with van der Waals surface area (Å²) in [5.41, 5.74) is 0. The van der Waals surface area contributed by atoms with Gasteiger partial charge in [-0.05, 0) is 12.3 Å². The summed E-state index contributed by atoms with van der Waals surface area (Å²) < 4.78 is 0. The smallest absolute Gasteiger partial charge is 0.0711 e. The van der Waals surface area contributed by atoms with Gasteiger partial charge in [-0.1, -0.05) is 12.2 Å². The molecule has 0 aromatic rings. The minimum Gasteiger partial charge on any atom is -0.395 e. The van der Waals surface area contributed by atoms with Crippen molar-refractivity contribution in [3.63, 3.8) is 0 Å². The van der Waals surface area contributed by atoms with E-state index < -0.39 is 0 Å². The molecule has 2 nitrogen and oxygen atoms in total. The summed E-state index contributed by atoms with van der Waals surface area (Å²) in [6.45, 7) is 2.81. The number of aliphatic hydroxyl groups is 1. The molecular formula is C7H10NO. The molecule has 1 rings (SSSR count). The van der Waals surface area contributed by atoms with Crippen LogP contribution in [-0.2, 0) is 0 Å². The molecule has 0 aromatic heterocycles. The molecule has 1 heterocycles. The van der Waals surface area contributed by atoms with Crippen LogP contribution in [0.25, 0.3) is 0 Å². The summed E-state index contributed by atoms with van der Waals surface area (Å²) in [5.74, 6) is 0. The molecule has 0 bridgehead atoms. The highest BCUT2D eigenvalue weighted by Gasteiger charge is 1.96. The van der Waals surface area contributed by atoms with E-state index in [1.807, 2.05) is 35.9 Å². The van der Waals surface area contributed by atoms with Gasteiger partial charge in [0.15, 0.2) is 0 Å². The fraction of sp³-hybridized carbons (Fsp3) is 0.286. The Balaban J connectivity index is 2.28. The van der Waals surface area contributed by atoms with Crippen LogP contribution in [-0.4, -0.2) is 23.2 Å². The second-order valence-electron chi connectivity index (χ2n) is 1.84. The minimum absolute atomic E-state index is 0.203. The zero-order valence-corrected chi connectivity index (χ0v) is 5.20. The van der Waals surface area contributed by atoms with Crippen LogP contribution >= 0.6 is 0 Å². The van der Waals surface area contributed by atoms with E-state index >= 15 is 0 Å².